The zero-order valence-electron chi connectivity index (χ0n) is 15.6. The van der Waals surface area contributed by atoms with Crippen LogP contribution in [-0.4, -0.2) is 55.0 Å². The van der Waals surface area contributed by atoms with Crippen molar-refractivity contribution in [3.8, 4) is 0 Å². The van der Waals surface area contributed by atoms with E-state index in [1.807, 2.05) is 7.05 Å². The SMILES string of the molecule is CNCCC1CCN(C(=O)C2CCCCN2Cc2ccccc2)CC1. The van der Waals surface area contributed by atoms with Gasteiger partial charge in [0, 0.05) is 19.6 Å². The van der Waals surface area contributed by atoms with Crippen LogP contribution in [0.25, 0.3) is 0 Å². The number of nitrogens with zero attached hydrogens (tertiary/aromatic N) is 2. The molecule has 1 amide bonds. The third-order valence-electron chi connectivity index (χ3n) is 5.86. The van der Waals surface area contributed by atoms with Crippen LogP contribution in [0.1, 0.15) is 44.1 Å². The summed E-state index contributed by atoms with van der Waals surface area (Å²) in [5, 5.41) is 3.24. The fourth-order valence-corrected chi connectivity index (χ4v) is 4.28. The minimum atomic E-state index is 0.0859. The summed E-state index contributed by atoms with van der Waals surface area (Å²) in [6.07, 6.45) is 6.98. The highest BCUT2D eigenvalue weighted by molar-refractivity contribution is 5.82. The molecule has 0 saturated carbocycles. The molecule has 1 aromatic carbocycles. The second-order valence-corrected chi connectivity index (χ2v) is 7.63. The lowest BCUT2D eigenvalue weighted by Gasteiger charge is -2.40. The molecule has 25 heavy (non-hydrogen) atoms. The Morgan fingerprint density at radius 3 is 2.56 bits per heavy atom. The van der Waals surface area contributed by atoms with E-state index in [9.17, 15) is 4.79 Å². The first-order valence-electron chi connectivity index (χ1n) is 9.99. The van der Waals surface area contributed by atoms with Crippen LogP contribution in [0.5, 0.6) is 0 Å². The average molecular weight is 344 g/mol. The van der Waals surface area contributed by atoms with Gasteiger partial charge in [-0.25, -0.2) is 0 Å². The van der Waals surface area contributed by atoms with E-state index in [4.69, 9.17) is 0 Å². The van der Waals surface area contributed by atoms with Crippen LogP contribution < -0.4 is 5.32 Å². The molecular formula is C21H33N3O. The minimum absolute atomic E-state index is 0.0859. The first kappa shape index (κ1) is 18.4. The van der Waals surface area contributed by atoms with Crippen LogP contribution in [0.2, 0.25) is 0 Å². The molecule has 4 heteroatoms. The number of amides is 1. The number of likely N-dealkylation sites (tertiary alicyclic amines) is 2. The summed E-state index contributed by atoms with van der Waals surface area (Å²) in [7, 11) is 2.02. The van der Waals surface area contributed by atoms with Crippen molar-refractivity contribution in [3.05, 3.63) is 35.9 Å². The van der Waals surface area contributed by atoms with Crippen molar-refractivity contribution in [3.63, 3.8) is 0 Å². The number of benzene rings is 1. The van der Waals surface area contributed by atoms with E-state index in [2.05, 4.69) is 45.4 Å². The summed E-state index contributed by atoms with van der Waals surface area (Å²) in [5.74, 6) is 1.16. The molecule has 138 valence electrons. The molecule has 2 fully saturated rings. The van der Waals surface area contributed by atoms with Crippen molar-refractivity contribution in [1.29, 1.82) is 0 Å². The Hall–Kier alpha value is -1.39. The fourth-order valence-electron chi connectivity index (χ4n) is 4.28. The number of carbonyl (C=O) groups is 1. The second-order valence-electron chi connectivity index (χ2n) is 7.63. The van der Waals surface area contributed by atoms with Crippen LogP contribution in [0.4, 0.5) is 0 Å². The van der Waals surface area contributed by atoms with Gasteiger partial charge in [0.2, 0.25) is 5.91 Å². The fraction of sp³-hybridized carbons (Fsp3) is 0.667. The lowest BCUT2D eigenvalue weighted by Crippen LogP contribution is -2.52. The van der Waals surface area contributed by atoms with Crippen molar-refractivity contribution in [1.82, 2.24) is 15.1 Å². The summed E-state index contributed by atoms with van der Waals surface area (Å²) in [6.45, 7) is 4.93. The molecule has 1 aromatic rings. The van der Waals surface area contributed by atoms with Gasteiger partial charge in [-0.2, -0.15) is 0 Å². The Bertz CT molecular complexity index is 525. The number of nitrogens with one attached hydrogen (secondary N) is 1. The third kappa shape index (κ3) is 5.05. The zero-order chi connectivity index (χ0) is 17.5. The maximum absolute atomic E-state index is 13.1. The largest absolute Gasteiger partial charge is 0.341 e. The number of hydrogen-bond donors (Lipinski definition) is 1. The highest BCUT2D eigenvalue weighted by atomic mass is 16.2. The molecule has 1 unspecified atom stereocenters. The Morgan fingerprint density at radius 2 is 1.84 bits per heavy atom. The van der Waals surface area contributed by atoms with Crippen molar-refractivity contribution in [2.24, 2.45) is 5.92 Å². The van der Waals surface area contributed by atoms with Crippen molar-refractivity contribution >= 4 is 5.91 Å². The molecule has 2 heterocycles. The van der Waals surface area contributed by atoms with Gasteiger partial charge in [0.1, 0.15) is 0 Å². The summed E-state index contributed by atoms with van der Waals surface area (Å²) in [5.41, 5.74) is 1.31. The van der Waals surface area contributed by atoms with Gasteiger partial charge in [0.05, 0.1) is 6.04 Å². The quantitative estimate of drug-likeness (QED) is 0.863. The molecule has 0 aromatic heterocycles. The highest BCUT2D eigenvalue weighted by Gasteiger charge is 2.33. The molecule has 2 saturated heterocycles. The second kappa shape index (κ2) is 9.35. The highest BCUT2D eigenvalue weighted by Crippen LogP contribution is 2.25. The van der Waals surface area contributed by atoms with Gasteiger partial charge in [-0.05, 0) is 63.7 Å². The van der Waals surface area contributed by atoms with Crippen LogP contribution in [0.3, 0.4) is 0 Å². The smallest absolute Gasteiger partial charge is 0.239 e. The monoisotopic (exact) mass is 343 g/mol. The van der Waals surface area contributed by atoms with Crippen molar-refractivity contribution in [2.75, 3.05) is 33.2 Å². The van der Waals surface area contributed by atoms with E-state index in [0.717, 1.165) is 45.1 Å². The molecule has 0 radical (unpaired) electrons. The summed E-state index contributed by atoms with van der Waals surface area (Å²) >= 11 is 0. The van der Waals surface area contributed by atoms with E-state index in [-0.39, 0.29) is 6.04 Å². The average Bonchev–Trinajstić information content (AvgIpc) is 2.67. The maximum atomic E-state index is 13.1. The van der Waals surface area contributed by atoms with Gasteiger partial charge in [0.15, 0.2) is 0 Å². The standard InChI is InChI=1S/C21H33N3O/c1-22-13-10-18-11-15-23(16-12-18)21(25)20-9-5-6-14-24(20)17-19-7-3-2-4-8-19/h2-4,7-8,18,20,22H,5-6,9-17H2,1H3. The molecule has 2 aliphatic rings. The van der Waals surface area contributed by atoms with Gasteiger partial charge in [0.25, 0.3) is 0 Å². The minimum Gasteiger partial charge on any atom is -0.341 e. The molecular weight excluding hydrogens is 310 g/mol. The van der Waals surface area contributed by atoms with Gasteiger partial charge in [-0.1, -0.05) is 36.8 Å². The lowest BCUT2D eigenvalue weighted by atomic mass is 9.92. The first-order valence-corrected chi connectivity index (χ1v) is 9.99. The van der Waals surface area contributed by atoms with E-state index < -0.39 is 0 Å². The molecule has 1 atom stereocenters. The summed E-state index contributed by atoms with van der Waals surface area (Å²) < 4.78 is 0. The van der Waals surface area contributed by atoms with Gasteiger partial charge < -0.3 is 10.2 Å². The van der Waals surface area contributed by atoms with E-state index in [1.54, 1.807) is 0 Å². The van der Waals surface area contributed by atoms with Gasteiger partial charge >= 0.3 is 0 Å². The molecule has 0 spiro atoms. The molecule has 0 aliphatic carbocycles. The van der Waals surface area contributed by atoms with Crippen LogP contribution in [0.15, 0.2) is 30.3 Å². The predicted octanol–water partition coefficient (Wildman–Crippen LogP) is 2.89. The third-order valence-corrected chi connectivity index (χ3v) is 5.86. The number of carbonyl (C=O) groups excluding carboxylic acids is 1. The molecule has 3 rings (SSSR count). The predicted molar refractivity (Wildman–Crippen MR) is 102 cm³/mol. The van der Waals surface area contributed by atoms with Crippen LogP contribution in [-0.2, 0) is 11.3 Å². The Kier molecular flexibility index (Phi) is 6.88. The van der Waals surface area contributed by atoms with E-state index in [0.29, 0.717) is 5.91 Å². The van der Waals surface area contributed by atoms with Gasteiger partial charge in [-0.3, -0.25) is 9.69 Å². The van der Waals surface area contributed by atoms with Crippen LogP contribution in [0, 0.1) is 5.92 Å². The number of piperidine rings is 2. The Labute approximate surface area is 152 Å². The molecule has 2 aliphatic heterocycles. The van der Waals surface area contributed by atoms with Gasteiger partial charge in [-0.15, -0.1) is 0 Å². The summed E-state index contributed by atoms with van der Waals surface area (Å²) in [4.78, 5) is 17.7. The van der Waals surface area contributed by atoms with E-state index in [1.165, 1.54) is 37.7 Å². The number of rotatable bonds is 6. The van der Waals surface area contributed by atoms with E-state index >= 15 is 0 Å². The number of hydrogen-bond acceptors (Lipinski definition) is 3. The topological polar surface area (TPSA) is 35.6 Å². The normalized spacial score (nSPS) is 22.9. The zero-order valence-corrected chi connectivity index (χ0v) is 15.6. The van der Waals surface area contributed by atoms with Crippen molar-refractivity contribution in [2.45, 2.75) is 51.1 Å². The maximum Gasteiger partial charge on any atom is 0.239 e. The molecule has 4 nitrogen and oxygen atoms in total. The Morgan fingerprint density at radius 1 is 1.08 bits per heavy atom. The summed E-state index contributed by atoms with van der Waals surface area (Å²) in [6, 6.07) is 10.7. The first-order chi connectivity index (χ1) is 12.3. The lowest BCUT2D eigenvalue weighted by molar-refractivity contribution is -0.140. The van der Waals surface area contributed by atoms with Crippen molar-refractivity contribution < 1.29 is 4.79 Å². The van der Waals surface area contributed by atoms with Crippen LogP contribution >= 0.6 is 0 Å². The molecule has 0 bridgehead atoms. The molecule has 1 N–H and O–H groups in total. The Balaban J connectivity index is 1.56.